The van der Waals surface area contributed by atoms with Crippen LogP contribution in [0.3, 0.4) is 0 Å². The molecule has 29 heavy (non-hydrogen) atoms. The summed E-state index contributed by atoms with van der Waals surface area (Å²) in [6.07, 6.45) is 2.72. The van der Waals surface area contributed by atoms with Crippen molar-refractivity contribution in [1.82, 2.24) is 0 Å². The Kier molecular flexibility index (Phi) is 6.14. The van der Waals surface area contributed by atoms with Crippen molar-refractivity contribution >= 4 is 29.1 Å². The van der Waals surface area contributed by atoms with Crippen LogP contribution in [-0.4, -0.2) is 10.7 Å². The number of carbonyl (C=O) groups excluding carboxylic acids is 1. The van der Waals surface area contributed by atoms with Gasteiger partial charge in [-0.05, 0) is 67.5 Å². The van der Waals surface area contributed by atoms with Crippen LogP contribution >= 0.6 is 11.6 Å². The molecule has 0 aliphatic rings. The Hall–Kier alpha value is -3.38. The van der Waals surface area contributed by atoms with E-state index < -0.39 is 10.7 Å². The van der Waals surface area contributed by atoms with Gasteiger partial charge in [0.05, 0.1) is 10.5 Å². The van der Waals surface area contributed by atoms with E-state index in [2.05, 4.69) is 0 Å². The molecular weight excluding hydrogens is 394 g/mol. The number of nitro groups is 1. The number of para-hydroxylation sites is 1. The summed E-state index contributed by atoms with van der Waals surface area (Å²) in [4.78, 5) is 22.7. The second-order valence-electron chi connectivity index (χ2n) is 6.44. The van der Waals surface area contributed by atoms with Crippen LogP contribution in [0.4, 0.5) is 5.69 Å². The number of hydrogen-bond acceptors (Lipinski definition) is 5. The van der Waals surface area contributed by atoms with Gasteiger partial charge in [0.25, 0.3) is 5.69 Å². The first-order valence-electron chi connectivity index (χ1n) is 8.79. The molecule has 0 N–H and O–H groups in total. The third-order valence-corrected chi connectivity index (χ3v) is 4.83. The van der Waals surface area contributed by atoms with Crippen LogP contribution in [-0.2, 0) is 6.61 Å². The van der Waals surface area contributed by atoms with Crippen LogP contribution in [0.25, 0.3) is 6.08 Å². The van der Waals surface area contributed by atoms with Gasteiger partial charge < -0.3 is 9.15 Å². The molecule has 6 nitrogen and oxygen atoms in total. The molecule has 3 rings (SSSR count). The maximum absolute atomic E-state index is 12.3. The summed E-state index contributed by atoms with van der Waals surface area (Å²) in [6, 6.07) is 12.9. The molecule has 0 atom stereocenters. The van der Waals surface area contributed by atoms with Crippen molar-refractivity contribution in [2.75, 3.05) is 0 Å². The zero-order valence-corrected chi connectivity index (χ0v) is 16.6. The summed E-state index contributed by atoms with van der Waals surface area (Å²) < 4.78 is 11.4. The van der Waals surface area contributed by atoms with E-state index in [0.29, 0.717) is 22.3 Å². The van der Waals surface area contributed by atoms with Crippen LogP contribution in [0.15, 0.2) is 59.0 Å². The Bertz CT molecular complexity index is 1080. The minimum Gasteiger partial charge on any atom is -0.486 e. The molecule has 0 bridgehead atoms. The number of furan rings is 1. The van der Waals surface area contributed by atoms with Gasteiger partial charge in [0.2, 0.25) is 0 Å². The molecule has 7 heteroatoms. The summed E-state index contributed by atoms with van der Waals surface area (Å²) in [7, 11) is 0. The fourth-order valence-electron chi connectivity index (χ4n) is 2.79. The van der Waals surface area contributed by atoms with Crippen LogP contribution in [0.5, 0.6) is 5.75 Å². The Labute approximate surface area is 172 Å². The predicted octanol–water partition coefficient (Wildman–Crippen LogP) is 5.93. The number of nitrogens with zero attached hydrogens (tertiary/aromatic N) is 1. The normalized spacial score (nSPS) is 11.0. The topological polar surface area (TPSA) is 82.6 Å². The van der Waals surface area contributed by atoms with Crippen molar-refractivity contribution in [2.45, 2.75) is 20.5 Å². The van der Waals surface area contributed by atoms with Gasteiger partial charge in [-0.2, -0.15) is 0 Å². The predicted molar refractivity (Wildman–Crippen MR) is 110 cm³/mol. The monoisotopic (exact) mass is 411 g/mol. The first-order valence-corrected chi connectivity index (χ1v) is 9.17. The van der Waals surface area contributed by atoms with Crippen molar-refractivity contribution in [3.63, 3.8) is 0 Å². The van der Waals surface area contributed by atoms with Crippen molar-refractivity contribution in [2.24, 2.45) is 0 Å². The summed E-state index contributed by atoms with van der Waals surface area (Å²) >= 11 is 6.16. The third kappa shape index (κ3) is 4.92. The number of ether oxygens (including phenoxy) is 1. The Morgan fingerprint density at radius 3 is 2.55 bits per heavy atom. The van der Waals surface area contributed by atoms with E-state index in [0.717, 1.165) is 11.1 Å². The van der Waals surface area contributed by atoms with Crippen molar-refractivity contribution < 1.29 is 18.9 Å². The van der Waals surface area contributed by atoms with E-state index in [1.165, 1.54) is 30.4 Å². The molecule has 0 aliphatic carbocycles. The van der Waals surface area contributed by atoms with E-state index in [1.54, 1.807) is 18.2 Å². The lowest BCUT2D eigenvalue weighted by atomic mass is 10.1. The summed E-state index contributed by atoms with van der Waals surface area (Å²) in [5.41, 5.74) is 1.65. The van der Waals surface area contributed by atoms with Gasteiger partial charge in [-0.1, -0.05) is 23.7 Å². The molecule has 0 spiro atoms. The van der Waals surface area contributed by atoms with Crippen molar-refractivity contribution in [3.8, 4) is 5.75 Å². The number of hydrogen-bond donors (Lipinski definition) is 0. The summed E-state index contributed by atoms with van der Waals surface area (Å²) in [5, 5.41) is 11.8. The average molecular weight is 412 g/mol. The second kappa shape index (κ2) is 8.75. The smallest absolute Gasteiger partial charge is 0.280 e. The van der Waals surface area contributed by atoms with E-state index in [9.17, 15) is 14.9 Å². The number of allylic oxidation sites excluding steroid dienone is 1. The number of halogens is 1. The lowest BCUT2D eigenvalue weighted by molar-refractivity contribution is -0.385. The van der Waals surface area contributed by atoms with Crippen LogP contribution < -0.4 is 4.74 Å². The largest absolute Gasteiger partial charge is 0.486 e. The molecule has 2 aromatic carbocycles. The van der Waals surface area contributed by atoms with E-state index in [4.69, 9.17) is 20.8 Å². The highest BCUT2D eigenvalue weighted by Gasteiger charge is 2.17. The zero-order chi connectivity index (χ0) is 21.0. The maximum Gasteiger partial charge on any atom is 0.280 e. The van der Waals surface area contributed by atoms with Gasteiger partial charge in [0.1, 0.15) is 23.9 Å². The van der Waals surface area contributed by atoms with Crippen molar-refractivity contribution in [3.05, 3.63) is 98.0 Å². The van der Waals surface area contributed by atoms with Gasteiger partial charge >= 0.3 is 0 Å². The van der Waals surface area contributed by atoms with Crippen LogP contribution in [0.2, 0.25) is 5.02 Å². The molecule has 0 radical (unpaired) electrons. The molecule has 1 aromatic heterocycles. The van der Waals surface area contributed by atoms with Gasteiger partial charge in [0.15, 0.2) is 5.78 Å². The molecule has 0 aliphatic heterocycles. The quantitative estimate of drug-likeness (QED) is 0.208. The molecule has 3 aromatic rings. The maximum atomic E-state index is 12.3. The summed E-state index contributed by atoms with van der Waals surface area (Å²) in [5.74, 6) is 1.23. The van der Waals surface area contributed by atoms with Crippen LogP contribution in [0, 0.1) is 24.0 Å². The van der Waals surface area contributed by atoms with E-state index >= 15 is 0 Å². The van der Waals surface area contributed by atoms with E-state index in [1.807, 2.05) is 26.0 Å². The zero-order valence-electron chi connectivity index (χ0n) is 15.8. The molecule has 1 heterocycles. The first kappa shape index (κ1) is 20.4. The SMILES string of the molecule is Cc1cc(OCc2ccc(/C=C/C(=O)c3ccccc3[N+](=O)[O-])o2)cc(C)c1Cl. The fraction of sp³-hybridized carbons (Fsp3) is 0.136. The lowest BCUT2D eigenvalue weighted by Crippen LogP contribution is -2.00. The third-order valence-electron chi connectivity index (χ3n) is 4.24. The minimum absolute atomic E-state index is 0.0253. The average Bonchev–Trinajstić information content (AvgIpc) is 3.16. The molecule has 0 unspecified atom stereocenters. The second-order valence-corrected chi connectivity index (χ2v) is 6.81. The highest BCUT2D eigenvalue weighted by atomic mass is 35.5. The number of ketones is 1. The fourth-order valence-corrected chi connectivity index (χ4v) is 2.90. The molecule has 0 fully saturated rings. The molecule has 0 amide bonds. The Morgan fingerprint density at radius 1 is 1.17 bits per heavy atom. The number of rotatable bonds is 7. The Balaban J connectivity index is 1.66. The molecule has 148 valence electrons. The molecule has 0 saturated carbocycles. The standard InChI is InChI=1S/C22H18ClNO5/c1-14-11-18(12-15(2)22(14)23)28-13-17-8-7-16(29-17)9-10-21(25)19-5-3-4-6-20(19)24(26)27/h3-12H,13H2,1-2H3/b10-9+. The van der Waals surface area contributed by atoms with Gasteiger partial charge in [0, 0.05) is 11.1 Å². The molecular formula is C22H18ClNO5. The number of aryl methyl sites for hydroxylation is 2. The van der Waals surface area contributed by atoms with Gasteiger partial charge in [-0.3, -0.25) is 14.9 Å². The minimum atomic E-state index is -0.580. The lowest BCUT2D eigenvalue weighted by Gasteiger charge is -2.08. The highest BCUT2D eigenvalue weighted by molar-refractivity contribution is 6.32. The molecule has 0 saturated heterocycles. The summed E-state index contributed by atoms with van der Waals surface area (Å²) in [6.45, 7) is 4.03. The first-order chi connectivity index (χ1) is 13.8. The number of benzene rings is 2. The Morgan fingerprint density at radius 2 is 1.86 bits per heavy atom. The number of nitro benzene ring substituents is 1. The van der Waals surface area contributed by atoms with Gasteiger partial charge in [-0.15, -0.1) is 0 Å². The van der Waals surface area contributed by atoms with Crippen molar-refractivity contribution in [1.29, 1.82) is 0 Å². The van der Waals surface area contributed by atoms with Crippen LogP contribution in [0.1, 0.15) is 33.0 Å². The number of carbonyl (C=O) groups is 1. The highest BCUT2D eigenvalue weighted by Crippen LogP contribution is 2.26. The van der Waals surface area contributed by atoms with E-state index in [-0.39, 0.29) is 17.9 Å². The van der Waals surface area contributed by atoms with Gasteiger partial charge in [-0.25, -0.2) is 0 Å².